The number of nitrogens with zero attached hydrogens (tertiary/aromatic N) is 1. The molecule has 0 saturated heterocycles. The van der Waals surface area contributed by atoms with Crippen LogP contribution in [0.3, 0.4) is 0 Å². The van der Waals surface area contributed by atoms with E-state index in [1.165, 1.54) is 0 Å². The number of nitriles is 1. The zero-order valence-electron chi connectivity index (χ0n) is 8.68. The lowest BCUT2D eigenvalue weighted by atomic mass is 9.61. The number of rotatable bonds is 2. The predicted molar refractivity (Wildman–Crippen MR) is 57.7 cm³/mol. The second-order valence-electron chi connectivity index (χ2n) is 4.21. The number of hydrogen-bond donors (Lipinski definition) is 2. The molecule has 0 spiro atoms. The van der Waals surface area contributed by atoms with Crippen LogP contribution in [0.1, 0.15) is 24.0 Å². The smallest absolute Gasteiger partial charge is 0.314 e. The second kappa shape index (κ2) is 3.62. The lowest BCUT2D eigenvalue weighted by molar-refractivity contribution is -0.148. The number of aliphatic carboxylic acids is 1. The molecule has 1 aliphatic rings. The van der Waals surface area contributed by atoms with Crippen molar-refractivity contribution in [2.24, 2.45) is 5.73 Å². The molecule has 82 valence electrons. The Morgan fingerprint density at radius 3 is 2.62 bits per heavy atom. The molecule has 0 aliphatic heterocycles. The molecule has 0 radical (unpaired) electrons. The topological polar surface area (TPSA) is 87.1 Å². The first-order chi connectivity index (χ1) is 7.60. The molecule has 2 rings (SSSR count). The van der Waals surface area contributed by atoms with Gasteiger partial charge in [0.15, 0.2) is 0 Å². The highest BCUT2D eigenvalue weighted by molar-refractivity contribution is 5.84. The maximum absolute atomic E-state index is 11.4. The molecule has 1 aromatic rings. The molecule has 1 aromatic carbocycles. The molecular formula is C12H12N2O2. The van der Waals surface area contributed by atoms with Gasteiger partial charge >= 0.3 is 5.97 Å². The van der Waals surface area contributed by atoms with Crippen molar-refractivity contribution < 1.29 is 9.90 Å². The summed E-state index contributed by atoms with van der Waals surface area (Å²) in [5.41, 5.74) is 5.74. The lowest BCUT2D eigenvalue weighted by Crippen LogP contribution is -2.54. The minimum absolute atomic E-state index is 0.0807. The van der Waals surface area contributed by atoms with Crippen molar-refractivity contribution in [2.75, 3.05) is 0 Å². The van der Waals surface area contributed by atoms with Gasteiger partial charge in [0.1, 0.15) is 0 Å². The summed E-state index contributed by atoms with van der Waals surface area (Å²) in [7, 11) is 0. The van der Waals surface area contributed by atoms with Crippen LogP contribution in [0, 0.1) is 11.3 Å². The van der Waals surface area contributed by atoms with Gasteiger partial charge in [-0.25, -0.2) is 0 Å². The van der Waals surface area contributed by atoms with E-state index in [1.807, 2.05) is 6.07 Å². The molecule has 0 unspecified atom stereocenters. The molecular weight excluding hydrogens is 204 g/mol. The first-order valence-electron chi connectivity index (χ1n) is 5.09. The molecule has 3 N–H and O–H groups in total. The van der Waals surface area contributed by atoms with Gasteiger partial charge in [0.2, 0.25) is 0 Å². The van der Waals surface area contributed by atoms with Crippen molar-refractivity contribution in [1.29, 1.82) is 5.26 Å². The molecule has 1 saturated carbocycles. The van der Waals surface area contributed by atoms with E-state index >= 15 is 0 Å². The van der Waals surface area contributed by atoms with Gasteiger partial charge in [0, 0.05) is 6.04 Å². The third-order valence-corrected chi connectivity index (χ3v) is 3.19. The summed E-state index contributed by atoms with van der Waals surface area (Å²) in [4.78, 5) is 11.4. The maximum Gasteiger partial charge on any atom is 0.314 e. The number of benzene rings is 1. The highest BCUT2D eigenvalue weighted by atomic mass is 16.4. The molecule has 16 heavy (non-hydrogen) atoms. The van der Waals surface area contributed by atoms with E-state index in [4.69, 9.17) is 11.0 Å². The van der Waals surface area contributed by atoms with Crippen LogP contribution < -0.4 is 5.73 Å². The summed E-state index contributed by atoms with van der Waals surface area (Å²) in [5, 5.41) is 18.3. The summed E-state index contributed by atoms with van der Waals surface area (Å²) >= 11 is 0. The van der Waals surface area contributed by atoms with E-state index in [0.29, 0.717) is 24.0 Å². The Bertz CT molecular complexity index is 470. The zero-order valence-corrected chi connectivity index (χ0v) is 8.68. The van der Waals surface area contributed by atoms with Gasteiger partial charge in [0.25, 0.3) is 0 Å². The molecule has 4 heteroatoms. The fourth-order valence-corrected chi connectivity index (χ4v) is 2.34. The Labute approximate surface area is 93.3 Å². The van der Waals surface area contributed by atoms with Gasteiger partial charge in [-0.15, -0.1) is 0 Å². The third kappa shape index (κ3) is 1.37. The van der Waals surface area contributed by atoms with Crippen molar-refractivity contribution in [2.45, 2.75) is 24.3 Å². The Morgan fingerprint density at radius 1 is 1.50 bits per heavy atom. The average molecular weight is 216 g/mol. The summed E-state index contributed by atoms with van der Waals surface area (Å²) in [6.45, 7) is 0. The van der Waals surface area contributed by atoms with Crippen molar-refractivity contribution in [3.63, 3.8) is 0 Å². The van der Waals surface area contributed by atoms with Crippen LogP contribution in [0.2, 0.25) is 0 Å². The normalized spacial score (nSPS) is 27.9. The minimum atomic E-state index is -0.953. The average Bonchev–Trinajstić information content (AvgIpc) is 2.24. The fourth-order valence-electron chi connectivity index (χ4n) is 2.34. The van der Waals surface area contributed by atoms with E-state index < -0.39 is 11.4 Å². The number of nitrogens with two attached hydrogens (primary N) is 1. The quantitative estimate of drug-likeness (QED) is 0.772. The van der Waals surface area contributed by atoms with Gasteiger partial charge < -0.3 is 10.8 Å². The maximum atomic E-state index is 11.4. The first-order valence-corrected chi connectivity index (χ1v) is 5.09. The summed E-state index contributed by atoms with van der Waals surface area (Å²) in [6.07, 6.45) is 0.808. The number of carboxylic acid groups (broad SMARTS) is 1. The van der Waals surface area contributed by atoms with E-state index in [-0.39, 0.29) is 6.04 Å². The highest BCUT2D eigenvalue weighted by Crippen LogP contribution is 2.44. The summed E-state index contributed by atoms with van der Waals surface area (Å²) in [6, 6.07) is 8.79. The van der Waals surface area contributed by atoms with Crippen LogP contribution in [0.25, 0.3) is 0 Å². The Morgan fingerprint density at radius 2 is 2.12 bits per heavy atom. The molecule has 0 heterocycles. The van der Waals surface area contributed by atoms with Gasteiger partial charge in [0.05, 0.1) is 17.0 Å². The van der Waals surface area contributed by atoms with Crippen molar-refractivity contribution in [3.8, 4) is 6.07 Å². The van der Waals surface area contributed by atoms with Gasteiger partial charge in [-0.05, 0) is 24.5 Å². The Kier molecular flexibility index (Phi) is 2.41. The van der Waals surface area contributed by atoms with Crippen molar-refractivity contribution >= 4 is 5.97 Å². The predicted octanol–water partition coefficient (Wildman–Crippen LogP) is 1.00. The van der Waals surface area contributed by atoms with Crippen LogP contribution >= 0.6 is 0 Å². The SMILES string of the molecule is N#Cc1ccccc1C1(C(=O)O)CC(N)C1. The van der Waals surface area contributed by atoms with Gasteiger partial charge in [-0.1, -0.05) is 18.2 Å². The highest BCUT2D eigenvalue weighted by Gasteiger charge is 2.51. The van der Waals surface area contributed by atoms with E-state index in [2.05, 4.69) is 0 Å². The molecule has 0 bridgehead atoms. The first kappa shape index (κ1) is 10.7. The van der Waals surface area contributed by atoms with Crippen molar-refractivity contribution in [3.05, 3.63) is 35.4 Å². The van der Waals surface area contributed by atoms with Gasteiger partial charge in [-0.3, -0.25) is 4.79 Å². The van der Waals surface area contributed by atoms with Crippen LogP contribution in [0.15, 0.2) is 24.3 Å². The minimum Gasteiger partial charge on any atom is -0.481 e. The zero-order chi connectivity index (χ0) is 11.8. The largest absolute Gasteiger partial charge is 0.481 e. The molecule has 0 atom stereocenters. The number of carboxylic acids is 1. The van der Waals surface area contributed by atoms with E-state index in [0.717, 1.165) is 0 Å². The summed E-state index contributed by atoms with van der Waals surface area (Å²) < 4.78 is 0. The number of carbonyl (C=O) groups is 1. The lowest BCUT2D eigenvalue weighted by Gasteiger charge is -2.43. The Hall–Kier alpha value is -1.86. The fraction of sp³-hybridized carbons (Fsp3) is 0.333. The molecule has 0 aromatic heterocycles. The van der Waals surface area contributed by atoms with E-state index in [9.17, 15) is 9.90 Å². The van der Waals surface area contributed by atoms with Crippen LogP contribution in [0.5, 0.6) is 0 Å². The van der Waals surface area contributed by atoms with Crippen LogP contribution in [0.4, 0.5) is 0 Å². The number of hydrogen-bond acceptors (Lipinski definition) is 3. The van der Waals surface area contributed by atoms with Gasteiger partial charge in [-0.2, -0.15) is 5.26 Å². The Balaban J connectivity index is 2.50. The molecule has 1 fully saturated rings. The standard InChI is InChI=1S/C12H12N2O2/c13-7-8-3-1-2-4-10(8)12(11(15)16)5-9(14)6-12/h1-4,9H,5-6,14H2,(H,15,16). The molecule has 4 nitrogen and oxygen atoms in total. The summed E-state index contributed by atoms with van der Waals surface area (Å²) in [5.74, 6) is -0.892. The molecule has 1 aliphatic carbocycles. The monoisotopic (exact) mass is 216 g/mol. The van der Waals surface area contributed by atoms with Crippen LogP contribution in [-0.2, 0) is 10.2 Å². The third-order valence-electron chi connectivity index (χ3n) is 3.19. The molecule has 0 amide bonds. The second-order valence-corrected chi connectivity index (χ2v) is 4.21. The van der Waals surface area contributed by atoms with Crippen molar-refractivity contribution in [1.82, 2.24) is 0 Å². The van der Waals surface area contributed by atoms with Crippen LogP contribution in [-0.4, -0.2) is 17.1 Å². The van der Waals surface area contributed by atoms with E-state index in [1.54, 1.807) is 24.3 Å².